The molecule has 0 aliphatic carbocycles. The van der Waals surface area contributed by atoms with Crippen LogP contribution in [0.5, 0.6) is 11.5 Å². The van der Waals surface area contributed by atoms with Gasteiger partial charge in [0, 0.05) is 16.2 Å². The van der Waals surface area contributed by atoms with Crippen LogP contribution in [0, 0.1) is 13.8 Å². The van der Waals surface area contributed by atoms with E-state index in [1.807, 2.05) is 52.0 Å². The van der Waals surface area contributed by atoms with Crippen LogP contribution in [0.3, 0.4) is 0 Å². The number of rotatable bonds is 20. The molecular weight excluding hydrogens is 909 g/mol. The molecule has 8 nitrogen and oxygen atoms in total. The molecule has 8 heteroatoms. The average molecular weight is 985 g/mol. The highest BCUT2D eigenvalue weighted by molar-refractivity contribution is 5.95. The first-order valence-electron chi connectivity index (χ1n) is 26.1. The smallest absolute Gasteiger partial charge is 0.343 e. The van der Waals surface area contributed by atoms with Gasteiger partial charge in [-0.2, -0.15) is 0 Å². The Bertz CT molecular complexity index is 2880. The van der Waals surface area contributed by atoms with Gasteiger partial charge in [0.05, 0.1) is 28.4 Å². The summed E-state index contributed by atoms with van der Waals surface area (Å²) in [5.74, 6) is -1.04. The molecule has 2 atom stereocenters. The lowest BCUT2D eigenvalue weighted by molar-refractivity contribution is 0.00925. The zero-order valence-electron chi connectivity index (χ0n) is 45.7. The van der Waals surface area contributed by atoms with E-state index in [0.717, 1.165) is 53.5 Å². The molecule has 6 aromatic rings. The molecule has 0 saturated heterocycles. The summed E-state index contributed by atoms with van der Waals surface area (Å²) in [6.45, 7) is 29.7. The third-order valence-corrected chi connectivity index (χ3v) is 16.1. The highest BCUT2D eigenvalue weighted by Gasteiger charge is 2.38. The SMILES string of the molecule is CCC(C)OC(=O)c1ccc(C(=O)Oc2ccc(C(C)(C)c3ccc(C(CC)(CC)C(C)OC(=O)c4ccc(C(=O)Oc5ccc(C(C)(C)c6ccc(C(C)(CC)CC)c(C)c6)cc5C)cc4)cc3)cc2)cc1. The third kappa shape index (κ3) is 12.0. The third-order valence-electron chi connectivity index (χ3n) is 16.1. The average Bonchev–Trinajstić information content (AvgIpc) is 3.39. The molecule has 0 aliphatic rings. The van der Waals surface area contributed by atoms with Crippen molar-refractivity contribution in [2.75, 3.05) is 0 Å². The molecule has 0 aliphatic heterocycles. The van der Waals surface area contributed by atoms with Crippen LogP contribution in [0.4, 0.5) is 0 Å². The van der Waals surface area contributed by atoms with Crippen molar-refractivity contribution in [3.05, 3.63) is 200 Å². The zero-order valence-corrected chi connectivity index (χ0v) is 45.7. The molecule has 0 bridgehead atoms. The minimum absolute atomic E-state index is 0.151. The fourth-order valence-corrected chi connectivity index (χ4v) is 9.96. The summed E-state index contributed by atoms with van der Waals surface area (Å²) in [4.78, 5) is 52.5. The monoisotopic (exact) mass is 985 g/mol. The maximum atomic E-state index is 13.7. The lowest BCUT2D eigenvalue weighted by atomic mass is 9.70. The lowest BCUT2D eigenvalue weighted by Gasteiger charge is -2.38. The molecule has 6 aromatic carbocycles. The number of hydrogen-bond donors (Lipinski definition) is 0. The molecule has 73 heavy (non-hydrogen) atoms. The van der Waals surface area contributed by atoms with E-state index in [4.69, 9.17) is 18.9 Å². The Balaban J connectivity index is 1.06. The first-order chi connectivity index (χ1) is 34.6. The van der Waals surface area contributed by atoms with E-state index in [9.17, 15) is 19.2 Å². The van der Waals surface area contributed by atoms with E-state index >= 15 is 0 Å². The minimum Gasteiger partial charge on any atom is -0.459 e. The van der Waals surface area contributed by atoms with Crippen LogP contribution in [0.2, 0.25) is 0 Å². The largest absolute Gasteiger partial charge is 0.459 e. The van der Waals surface area contributed by atoms with Crippen molar-refractivity contribution in [2.45, 2.75) is 163 Å². The summed E-state index contributed by atoms with van der Waals surface area (Å²) in [5, 5.41) is 0. The predicted octanol–water partition coefficient (Wildman–Crippen LogP) is 15.7. The maximum absolute atomic E-state index is 13.7. The second kappa shape index (κ2) is 23.0. The van der Waals surface area contributed by atoms with Crippen LogP contribution in [0.15, 0.2) is 133 Å². The van der Waals surface area contributed by atoms with Crippen molar-refractivity contribution in [3.8, 4) is 11.5 Å². The van der Waals surface area contributed by atoms with E-state index in [2.05, 4.69) is 118 Å². The standard InChI is InChI=1S/C65H76O8/c1-15-44(8)70-58(66)46-20-24-48(25-21-46)60(68)72-55-36-32-51(33-37-55)62(10,11)50-28-30-52(31-29-50)65(18-4,19-5)45(9)71-59(67)47-22-26-49(27-23-47)61(69)73-57-39-35-54(41-43(57)7)63(12,13)53-34-38-56(42(6)40-53)64(14,16-2)17-3/h20-41,44-45H,15-19H2,1-14H3. The normalized spacial score (nSPS) is 12.9. The highest BCUT2D eigenvalue weighted by atomic mass is 16.6. The van der Waals surface area contributed by atoms with Crippen molar-refractivity contribution in [1.82, 2.24) is 0 Å². The van der Waals surface area contributed by atoms with Gasteiger partial charge in [0.15, 0.2) is 0 Å². The Kier molecular flexibility index (Phi) is 17.5. The number of benzene rings is 6. The van der Waals surface area contributed by atoms with Crippen molar-refractivity contribution < 1.29 is 38.1 Å². The molecule has 0 aromatic heterocycles. The van der Waals surface area contributed by atoms with Crippen LogP contribution in [-0.4, -0.2) is 36.1 Å². The number of esters is 4. The number of ether oxygens (including phenoxy) is 4. The van der Waals surface area contributed by atoms with Crippen LogP contribution in [-0.2, 0) is 31.1 Å². The molecule has 0 radical (unpaired) electrons. The maximum Gasteiger partial charge on any atom is 0.343 e. The first-order valence-corrected chi connectivity index (χ1v) is 26.1. The van der Waals surface area contributed by atoms with E-state index in [1.165, 1.54) is 16.7 Å². The summed E-state index contributed by atoms with van der Waals surface area (Å²) in [7, 11) is 0. The van der Waals surface area contributed by atoms with Gasteiger partial charge in [-0.15, -0.1) is 0 Å². The predicted molar refractivity (Wildman–Crippen MR) is 293 cm³/mol. The van der Waals surface area contributed by atoms with E-state index in [-0.39, 0.29) is 16.9 Å². The number of carbonyl (C=O) groups excluding carboxylic acids is 4. The van der Waals surface area contributed by atoms with E-state index < -0.39 is 40.8 Å². The van der Waals surface area contributed by atoms with Gasteiger partial charge in [0.25, 0.3) is 0 Å². The molecule has 0 heterocycles. The van der Waals surface area contributed by atoms with Crippen LogP contribution < -0.4 is 9.47 Å². The second-order valence-corrected chi connectivity index (χ2v) is 21.1. The second-order valence-electron chi connectivity index (χ2n) is 21.1. The van der Waals surface area contributed by atoms with Gasteiger partial charge in [0.1, 0.15) is 17.6 Å². The van der Waals surface area contributed by atoms with Crippen molar-refractivity contribution >= 4 is 23.9 Å². The molecule has 0 spiro atoms. The van der Waals surface area contributed by atoms with Crippen molar-refractivity contribution in [2.24, 2.45) is 0 Å². The van der Waals surface area contributed by atoms with E-state index in [0.29, 0.717) is 40.2 Å². The quantitative estimate of drug-likeness (QED) is 0.0550. The van der Waals surface area contributed by atoms with Crippen LogP contribution in [0.25, 0.3) is 0 Å². The summed E-state index contributed by atoms with van der Waals surface area (Å²) in [5.41, 5.74) is 9.53. The molecule has 0 N–H and O–H groups in total. The topological polar surface area (TPSA) is 105 Å². The van der Waals surface area contributed by atoms with Crippen LogP contribution in [0.1, 0.15) is 201 Å². The Morgan fingerprint density at radius 1 is 0.438 bits per heavy atom. The lowest BCUT2D eigenvalue weighted by Crippen LogP contribution is -2.40. The molecule has 0 amide bonds. The molecular formula is C65H76O8. The number of aryl methyl sites for hydroxylation is 2. The van der Waals surface area contributed by atoms with Gasteiger partial charge in [-0.1, -0.05) is 136 Å². The minimum atomic E-state index is -0.526. The van der Waals surface area contributed by atoms with Gasteiger partial charge in [-0.25, -0.2) is 19.2 Å². The van der Waals surface area contributed by atoms with Gasteiger partial charge >= 0.3 is 23.9 Å². The Morgan fingerprint density at radius 2 is 0.836 bits per heavy atom. The number of carbonyl (C=O) groups is 4. The summed E-state index contributed by atoms with van der Waals surface area (Å²) >= 11 is 0. The van der Waals surface area contributed by atoms with Crippen molar-refractivity contribution in [1.29, 1.82) is 0 Å². The molecule has 2 unspecified atom stereocenters. The van der Waals surface area contributed by atoms with Gasteiger partial charge in [-0.3, -0.25) is 0 Å². The molecule has 0 fully saturated rings. The van der Waals surface area contributed by atoms with Gasteiger partial charge in [0.2, 0.25) is 0 Å². The molecule has 0 saturated carbocycles. The summed E-state index contributed by atoms with van der Waals surface area (Å²) in [6.07, 6.45) is 3.71. The fourth-order valence-electron chi connectivity index (χ4n) is 9.96. The zero-order chi connectivity index (χ0) is 53.5. The van der Waals surface area contributed by atoms with Crippen molar-refractivity contribution in [3.63, 3.8) is 0 Å². The molecule has 384 valence electrons. The molecule has 6 rings (SSSR count). The Hall–Kier alpha value is -6.80. The van der Waals surface area contributed by atoms with Crippen LogP contribution >= 0.6 is 0 Å². The fraction of sp³-hybridized carbons (Fsp3) is 0.385. The van der Waals surface area contributed by atoms with Gasteiger partial charge < -0.3 is 18.9 Å². The number of hydrogen-bond acceptors (Lipinski definition) is 8. The highest BCUT2D eigenvalue weighted by Crippen LogP contribution is 2.41. The Morgan fingerprint density at radius 3 is 1.29 bits per heavy atom. The first kappa shape index (κ1) is 55.5. The Labute approximate surface area is 434 Å². The summed E-state index contributed by atoms with van der Waals surface area (Å²) in [6, 6.07) is 41.6. The summed E-state index contributed by atoms with van der Waals surface area (Å²) < 4.78 is 23.2. The van der Waals surface area contributed by atoms with E-state index in [1.54, 1.807) is 60.7 Å². The van der Waals surface area contributed by atoms with Gasteiger partial charge in [-0.05, 0) is 176 Å².